The molecule has 8 nitrogen and oxygen atoms in total. The molecule has 2 rings (SSSR count). The van der Waals surface area contributed by atoms with Gasteiger partial charge in [0, 0.05) is 6.42 Å². The number of carbonyl (C=O) groups is 1. The van der Waals surface area contributed by atoms with Crippen LogP contribution in [0.5, 0.6) is 0 Å². The highest BCUT2D eigenvalue weighted by molar-refractivity contribution is 5.86. The van der Waals surface area contributed by atoms with Crippen LogP contribution in [-0.2, 0) is 13.0 Å². The maximum absolute atomic E-state index is 10.8. The summed E-state index contributed by atoms with van der Waals surface area (Å²) in [6, 6.07) is 0. The van der Waals surface area contributed by atoms with Crippen LogP contribution in [0.15, 0.2) is 4.52 Å². The Hall–Kier alpha value is -2.25. The molecule has 0 aliphatic rings. The maximum Gasteiger partial charge on any atom is 0.358 e. The standard InChI is InChI=1S/C10H13N5O3/c1-3-4-7-11-8(18-13-7)5-15-6(2)9(10(16)17)12-14-15/h3-5H2,1-2H3,(H,16,17). The zero-order valence-electron chi connectivity index (χ0n) is 10.1. The summed E-state index contributed by atoms with van der Waals surface area (Å²) in [6.07, 6.45) is 1.69. The van der Waals surface area contributed by atoms with Gasteiger partial charge in [-0.3, -0.25) is 0 Å². The third-order valence-corrected chi connectivity index (χ3v) is 2.45. The summed E-state index contributed by atoms with van der Waals surface area (Å²) in [5.41, 5.74) is 0.390. The summed E-state index contributed by atoms with van der Waals surface area (Å²) in [4.78, 5) is 15.0. The largest absolute Gasteiger partial charge is 0.476 e. The SMILES string of the molecule is CCCc1noc(Cn2nnc(C(=O)O)c2C)n1. The van der Waals surface area contributed by atoms with Crippen LogP contribution in [0.3, 0.4) is 0 Å². The molecule has 0 bridgehead atoms. The van der Waals surface area contributed by atoms with E-state index in [2.05, 4.69) is 20.5 Å². The quantitative estimate of drug-likeness (QED) is 0.831. The molecule has 0 saturated carbocycles. The minimum Gasteiger partial charge on any atom is -0.476 e. The number of nitrogens with zero attached hydrogens (tertiary/aromatic N) is 5. The van der Waals surface area contributed by atoms with Crippen molar-refractivity contribution in [1.82, 2.24) is 25.1 Å². The van der Waals surface area contributed by atoms with Crippen LogP contribution in [0, 0.1) is 6.92 Å². The number of rotatable bonds is 5. The molecule has 0 aliphatic carbocycles. The Morgan fingerprint density at radius 1 is 1.50 bits per heavy atom. The van der Waals surface area contributed by atoms with Gasteiger partial charge in [0.2, 0.25) is 5.89 Å². The Kier molecular flexibility index (Phi) is 3.35. The van der Waals surface area contributed by atoms with Gasteiger partial charge < -0.3 is 9.63 Å². The number of aryl methyl sites for hydroxylation is 1. The Morgan fingerprint density at radius 3 is 2.89 bits per heavy atom. The van der Waals surface area contributed by atoms with E-state index in [9.17, 15) is 4.79 Å². The second-order valence-electron chi connectivity index (χ2n) is 3.84. The summed E-state index contributed by atoms with van der Waals surface area (Å²) >= 11 is 0. The molecule has 0 radical (unpaired) electrons. The van der Waals surface area contributed by atoms with Crippen molar-refractivity contribution in [3.63, 3.8) is 0 Å². The van der Waals surface area contributed by atoms with Crippen LogP contribution in [0.1, 0.15) is 41.2 Å². The summed E-state index contributed by atoms with van der Waals surface area (Å²) in [7, 11) is 0. The first-order chi connectivity index (χ1) is 8.61. The smallest absolute Gasteiger partial charge is 0.358 e. The molecule has 1 N–H and O–H groups in total. The number of aromatic carboxylic acids is 1. The Morgan fingerprint density at radius 2 is 2.28 bits per heavy atom. The molecule has 2 aromatic heterocycles. The lowest BCUT2D eigenvalue weighted by Gasteiger charge is -1.97. The molecular weight excluding hydrogens is 238 g/mol. The van der Waals surface area contributed by atoms with Gasteiger partial charge in [-0.15, -0.1) is 5.10 Å². The average Bonchev–Trinajstić information content (AvgIpc) is 2.89. The van der Waals surface area contributed by atoms with E-state index in [1.54, 1.807) is 6.92 Å². The summed E-state index contributed by atoms with van der Waals surface area (Å²) in [5, 5.41) is 20.0. The first kappa shape index (κ1) is 12.2. The van der Waals surface area contributed by atoms with Gasteiger partial charge in [0.1, 0.15) is 6.54 Å². The minimum absolute atomic E-state index is 0.0664. The lowest BCUT2D eigenvalue weighted by Crippen LogP contribution is -2.06. The van der Waals surface area contributed by atoms with Crippen LogP contribution in [0.4, 0.5) is 0 Å². The van der Waals surface area contributed by atoms with Crippen LogP contribution in [0.25, 0.3) is 0 Å². The molecule has 0 aliphatic heterocycles. The first-order valence-corrected chi connectivity index (χ1v) is 5.56. The fraction of sp³-hybridized carbons (Fsp3) is 0.500. The fourth-order valence-corrected chi connectivity index (χ4v) is 1.52. The van der Waals surface area contributed by atoms with Gasteiger partial charge in [-0.1, -0.05) is 17.3 Å². The third-order valence-electron chi connectivity index (χ3n) is 2.45. The van der Waals surface area contributed by atoms with Crippen molar-refractivity contribution >= 4 is 5.97 Å². The Balaban J connectivity index is 2.15. The molecule has 0 spiro atoms. The highest BCUT2D eigenvalue weighted by atomic mass is 16.5. The van der Waals surface area contributed by atoms with Gasteiger partial charge in [-0.25, -0.2) is 9.48 Å². The molecule has 2 heterocycles. The summed E-state index contributed by atoms with van der Waals surface area (Å²) in [6.45, 7) is 3.88. The fourth-order valence-electron chi connectivity index (χ4n) is 1.52. The number of hydrogen-bond donors (Lipinski definition) is 1. The van der Waals surface area contributed by atoms with Crippen molar-refractivity contribution in [3.8, 4) is 0 Å². The second kappa shape index (κ2) is 4.94. The van der Waals surface area contributed by atoms with E-state index < -0.39 is 5.97 Å². The zero-order valence-corrected chi connectivity index (χ0v) is 10.1. The molecule has 0 atom stereocenters. The van der Waals surface area contributed by atoms with Crippen molar-refractivity contribution in [2.45, 2.75) is 33.2 Å². The van der Waals surface area contributed by atoms with E-state index in [1.165, 1.54) is 4.68 Å². The Bertz CT molecular complexity index is 560. The van der Waals surface area contributed by atoms with Crippen molar-refractivity contribution in [2.24, 2.45) is 0 Å². The predicted molar refractivity (Wildman–Crippen MR) is 59.1 cm³/mol. The van der Waals surface area contributed by atoms with Crippen molar-refractivity contribution in [3.05, 3.63) is 23.1 Å². The number of carboxylic acid groups (broad SMARTS) is 1. The van der Waals surface area contributed by atoms with Crippen LogP contribution in [0.2, 0.25) is 0 Å². The van der Waals surface area contributed by atoms with Gasteiger partial charge in [-0.05, 0) is 13.3 Å². The maximum atomic E-state index is 10.8. The molecule has 0 amide bonds. The zero-order chi connectivity index (χ0) is 13.1. The van der Waals surface area contributed by atoms with Gasteiger partial charge in [-0.2, -0.15) is 4.98 Å². The molecule has 0 fully saturated rings. The summed E-state index contributed by atoms with van der Waals surface area (Å²) < 4.78 is 6.47. The van der Waals surface area contributed by atoms with Crippen LogP contribution >= 0.6 is 0 Å². The van der Waals surface area contributed by atoms with Gasteiger partial charge >= 0.3 is 5.97 Å². The van der Waals surface area contributed by atoms with Crippen molar-refractivity contribution in [2.75, 3.05) is 0 Å². The van der Waals surface area contributed by atoms with E-state index in [-0.39, 0.29) is 12.2 Å². The predicted octanol–water partition coefficient (Wildman–Crippen LogP) is 0.669. The Labute approximate surface area is 103 Å². The van der Waals surface area contributed by atoms with E-state index >= 15 is 0 Å². The number of carboxylic acids is 1. The minimum atomic E-state index is -1.10. The number of hydrogen-bond acceptors (Lipinski definition) is 6. The molecule has 0 aromatic carbocycles. The van der Waals surface area contributed by atoms with Crippen molar-refractivity contribution in [1.29, 1.82) is 0 Å². The molecule has 8 heteroatoms. The van der Waals surface area contributed by atoms with Gasteiger partial charge in [0.15, 0.2) is 11.5 Å². The summed E-state index contributed by atoms with van der Waals surface area (Å²) in [5.74, 6) is -0.0666. The van der Waals surface area contributed by atoms with E-state index in [4.69, 9.17) is 9.63 Å². The van der Waals surface area contributed by atoms with E-state index in [0.717, 1.165) is 12.8 Å². The monoisotopic (exact) mass is 251 g/mol. The number of aromatic nitrogens is 5. The lowest BCUT2D eigenvalue weighted by atomic mass is 10.3. The second-order valence-corrected chi connectivity index (χ2v) is 3.84. The van der Waals surface area contributed by atoms with Crippen LogP contribution < -0.4 is 0 Å². The third kappa shape index (κ3) is 2.36. The van der Waals surface area contributed by atoms with Crippen LogP contribution in [-0.4, -0.2) is 36.2 Å². The lowest BCUT2D eigenvalue weighted by molar-refractivity contribution is 0.0689. The van der Waals surface area contributed by atoms with E-state index in [1.807, 2.05) is 6.92 Å². The molecule has 0 saturated heterocycles. The van der Waals surface area contributed by atoms with Crippen molar-refractivity contribution < 1.29 is 14.4 Å². The van der Waals surface area contributed by atoms with E-state index in [0.29, 0.717) is 17.4 Å². The topological polar surface area (TPSA) is 107 Å². The average molecular weight is 251 g/mol. The highest BCUT2D eigenvalue weighted by Gasteiger charge is 2.16. The molecular formula is C10H13N5O3. The molecule has 96 valence electrons. The van der Waals surface area contributed by atoms with Gasteiger partial charge in [0.05, 0.1) is 5.69 Å². The molecule has 2 aromatic rings. The molecule has 18 heavy (non-hydrogen) atoms. The van der Waals surface area contributed by atoms with Gasteiger partial charge in [0.25, 0.3) is 0 Å². The normalized spacial score (nSPS) is 10.8. The highest BCUT2D eigenvalue weighted by Crippen LogP contribution is 2.07. The molecule has 0 unspecified atom stereocenters. The first-order valence-electron chi connectivity index (χ1n) is 5.56.